The zero-order valence-corrected chi connectivity index (χ0v) is 13.3. The molecule has 1 aliphatic heterocycles. The summed E-state index contributed by atoms with van der Waals surface area (Å²) in [6.45, 7) is 1.56. The summed E-state index contributed by atoms with van der Waals surface area (Å²) in [5.74, 6) is 0.0273. The van der Waals surface area contributed by atoms with E-state index in [4.69, 9.17) is 11.5 Å². The normalized spacial score (nSPS) is 17.7. The van der Waals surface area contributed by atoms with Gasteiger partial charge < -0.3 is 16.4 Å². The van der Waals surface area contributed by atoms with Crippen LogP contribution in [-0.4, -0.2) is 50.4 Å². The first-order valence-corrected chi connectivity index (χ1v) is 8.23. The molecule has 0 saturated carbocycles. The number of carbonyl (C=O) groups excluding carboxylic acids is 1. The summed E-state index contributed by atoms with van der Waals surface area (Å²) in [5.41, 5.74) is 11.3. The fraction of sp³-hybridized carbons (Fsp3) is 0.818. The number of nitrogens with zero attached hydrogens (tertiary/aromatic N) is 2. The molecule has 1 amide bonds. The molecule has 0 spiro atoms. The molecule has 1 unspecified atom stereocenters. The van der Waals surface area contributed by atoms with E-state index in [1.54, 1.807) is 4.90 Å². The first-order chi connectivity index (χ1) is 8.79. The fourth-order valence-corrected chi connectivity index (χ4v) is 2.57. The number of likely N-dealkylation sites (tertiary alicyclic amines) is 1. The largest absolute Gasteiger partial charge is 0.386 e. The molecule has 0 aliphatic carbocycles. The van der Waals surface area contributed by atoms with Crippen LogP contribution in [0.5, 0.6) is 0 Å². The van der Waals surface area contributed by atoms with E-state index in [0.717, 1.165) is 32.2 Å². The van der Waals surface area contributed by atoms with Crippen LogP contribution >= 0.6 is 12.4 Å². The number of carbonyl (C=O) groups is 1. The Kier molecular flexibility index (Phi) is 8.07. The molecule has 1 fully saturated rings. The maximum Gasteiger partial charge on any atom is 0.251 e. The lowest BCUT2D eigenvalue weighted by Crippen LogP contribution is -2.42. The highest BCUT2D eigenvalue weighted by molar-refractivity contribution is 7.89. The molecule has 9 heteroatoms. The Morgan fingerprint density at radius 2 is 1.90 bits per heavy atom. The van der Waals surface area contributed by atoms with Gasteiger partial charge in [-0.25, -0.2) is 8.42 Å². The van der Waals surface area contributed by atoms with E-state index >= 15 is 0 Å². The Morgan fingerprint density at radius 1 is 1.35 bits per heavy atom. The highest BCUT2D eigenvalue weighted by Gasteiger charge is 2.23. The third-order valence-corrected chi connectivity index (χ3v) is 3.53. The van der Waals surface area contributed by atoms with Gasteiger partial charge in [0.25, 0.3) is 10.0 Å². The van der Waals surface area contributed by atoms with Gasteiger partial charge in [-0.3, -0.25) is 4.79 Å². The first-order valence-electron chi connectivity index (χ1n) is 6.38. The number of hydrogen-bond acceptors (Lipinski definition) is 4. The SMILES string of the molecule is CS(=O)(=O)N=C(N)CCCC(N)C(=O)N1CCCC1.Cl. The zero-order valence-electron chi connectivity index (χ0n) is 11.6. The standard InChI is InChI=1S/C11H22N4O3S.ClH/c1-19(17,18)14-10(13)6-4-5-9(12)11(16)15-7-2-3-8-15;/h9H,2-8,12H2,1H3,(H2,13,14);1H. The summed E-state index contributed by atoms with van der Waals surface area (Å²) in [7, 11) is -3.45. The van der Waals surface area contributed by atoms with Crippen molar-refractivity contribution in [2.45, 2.75) is 38.1 Å². The van der Waals surface area contributed by atoms with Gasteiger partial charge in [0.15, 0.2) is 0 Å². The molecule has 0 radical (unpaired) electrons. The van der Waals surface area contributed by atoms with Crippen LogP contribution in [0.2, 0.25) is 0 Å². The molecular weight excluding hydrogens is 304 g/mol. The van der Waals surface area contributed by atoms with Crippen molar-refractivity contribution in [1.29, 1.82) is 0 Å². The second-order valence-corrected chi connectivity index (χ2v) is 6.50. The van der Waals surface area contributed by atoms with Crippen molar-refractivity contribution in [1.82, 2.24) is 4.90 Å². The van der Waals surface area contributed by atoms with Gasteiger partial charge in [0.2, 0.25) is 5.91 Å². The molecular formula is C11H23ClN4O3S. The fourth-order valence-electron chi connectivity index (χ4n) is 2.06. The molecule has 0 aromatic rings. The Bertz CT molecular complexity index is 447. The summed E-state index contributed by atoms with van der Waals surface area (Å²) in [6, 6.07) is -0.538. The minimum Gasteiger partial charge on any atom is -0.386 e. The smallest absolute Gasteiger partial charge is 0.251 e. The van der Waals surface area contributed by atoms with Crippen molar-refractivity contribution < 1.29 is 13.2 Å². The minimum absolute atomic E-state index is 0. The van der Waals surface area contributed by atoms with Crippen LogP contribution in [-0.2, 0) is 14.8 Å². The molecule has 20 heavy (non-hydrogen) atoms. The monoisotopic (exact) mass is 326 g/mol. The van der Waals surface area contributed by atoms with E-state index in [2.05, 4.69) is 4.40 Å². The number of amidine groups is 1. The van der Waals surface area contributed by atoms with E-state index < -0.39 is 16.1 Å². The second-order valence-electron chi connectivity index (χ2n) is 4.85. The van der Waals surface area contributed by atoms with Gasteiger partial charge in [0.05, 0.1) is 12.3 Å². The van der Waals surface area contributed by atoms with Gasteiger partial charge in [-0.1, -0.05) is 0 Å². The molecule has 0 bridgehead atoms. The van der Waals surface area contributed by atoms with Crippen LogP contribution in [0.1, 0.15) is 32.1 Å². The Hall–Kier alpha value is -0.860. The summed E-state index contributed by atoms with van der Waals surface area (Å²) >= 11 is 0. The van der Waals surface area contributed by atoms with Crippen molar-refractivity contribution in [2.75, 3.05) is 19.3 Å². The molecule has 118 valence electrons. The predicted molar refractivity (Wildman–Crippen MR) is 81.4 cm³/mol. The van der Waals surface area contributed by atoms with Gasteiger partial charge in [0.1, 0.15) is 5.84 Å². The molecule has 1 rings (SSSR count). The van der Waals surface area contributed by atoms with E-state index in [-0.39, 0.29) is 24.1 Å². The van der Waals surface area contributed by atoms with Crippen molar-refractivity contribution in [2.24, 2.45) is 15.9 Å². The summed E-state index contributed by atoms with van der Waals surface area (Å²) in [4.78, 5) is 13.7. The second kappa shape index (κ2) is 8.43. The molecule has 7 nitrogen and oxygen atoms in total. The minimum atomic E-state index is -3.45. The molecule has 0 aromatic heterocycles. The molecule has 4 N–H and O–H groups in total. The Labute approximate surface area is 126 Å². The van der Waals surface area contributed by atoms with E-state index in [9.17, 15) is 13.2 Å². The highest BCUT2D eigenvalue weighted by atomic mass is 35.5. The Balaban J connectivity index is 0.00000361. The van der Waals surface area contributed by atoms with Gasteiger partial charge in [0, 0.05) is 19.5 Å². The number of rotatable bonds is 6. The average Bonchev–Trinajstić information content (AvgIpc) is 2.78. The first kappa shape index (κ1) is 19.1. The van der Waals surface area contributed by atoms with E-state index in [0.29, 0.717) is 19.3 Å². The molecule has 1 atom stereocenters. The third-order valence-electron chi connectivity index (χ3n) is 2.97. The summed E-state index contributed by atoms with van der Waals surface area (Å²) in [5, 5.41) is 0. The third kappa shape index (κ3) is 7.06. The van der Waals surface area contributed by atoms with E-state index in [1.165, 1.54) is 0 Å². The van der Waals surface area contributed by atoms with Crippen LogP contribution in [0.4, 0.5) is 0 Å². The lowest BCUT2D eigenvalue weighted by molar-refractivity contribution is -0.131. The quantitative estimate of drug-likeness (QED) is 0.519. The van der Waals surface area contributed by atoms with Crippen molar-refractivity contribution in [3.8, 4) is 0 Å². The molecule has 1 saturated heterocycles. The van der Waals surface area contributed by atoms with Crippen LogP contribution in [0.3, 0.4) is 0 Å². The topological polar surface area (TPSA) is 119 Å². The number of nitrogens with two attached hydrogens (primary N) is 2. The van der Waals surface area contributed by atoms with Crippen LogP contribution < -0.4 is 11.5 Å². The average molecular weight is 327 g/mol. The lowest BCUT2D eigenvalue weighted by atomic mass is 10.1. The number of sulfonamides is 1. The van der Waals surface area contributed by atoms with Gasteiger partial charge in [-0.05, 0) is 25.7 Å². The number of hydrogen-bond donors (Lipinski definition) is 2. The zero-order chi connectivity index (χ0) is 14.5. The summed E-state index contributed by atoms with van der Waals surface area (Å²) in [6.07, 6.45) is 4.41. The predicted octanol–water partition coefficient (Wildman–Crippen LogP) is -0.155. The van der Waals surface area contributed by atoms with Crippen molar-refractivity contribution >= 4 is 34.2 Å². The lowest BCUT2D eigenvalue weighted by Gasteiger charge is -2.19. The van der Waals surface area contributed by atoms with E-state index in [1.807, 2.05) is 0 Å². The van der Waals surface area contributed by atoms with Crippen LogP contribution in [0.15, 0.2) is 4.40 Å². The summed E-state index contributed by atoms with van der Waals surface area (Å²) < 4.78 is 25.1. The maximum atomic E-state index is 11.9. The number of amides is 1. The van der Waals surface area contributed by atoms with Gasteiger partial charge in [-0.15, -0.1) is 12.4 Å². The van der Waals surface area contributed by atoms with Gasteiger partial charge in [-0.2, -0.15) is 4.40 Å². The molecule has 0 aromatic carbocycles. The van der Waals surface area contributed by atoms with Crippen LogP contribution in [0.25, 0.3) is 0 Å². The Morgan fingerprint density at radius 3 is 2.40 bits per heavy atom. The highest BCUT2D eigenvalue weighted by Crippen LogP contribution is 2.11. The molecule has 1 heterocycles. The molecule has 1 aliphatic rings. The van der Waals surface area contributed by atoms with Gasteiger partial charge >= 0.3 is 0 Å². The number of halogens is 1. The van der Waals surface area contributed by atoms with Crippen LogP contribution in [0, 0.1) is 0 Å². The van der Waals surface area contributed by atoms with Crippen molar-refractivity contribution in [3.63, 3.8) is 0 Å². The van der Waals surface area contributed by atoms with Crippen molar-refractivity contribution in [3.05, 3.63) is 0 Å². The maximum absolute atomic E-state index is 11.9.